The molecule has 2 rings (SSSR count). The van der Waals surface area contributed by atoms with E-state index in [1.807, 2.05) is 0 Å². The van der Waals surface area contributed by atoms with E-state index in [9.17, 15) is 19.7 Å². The molecule has 1 aromatic rings. The third-order valence-electron chi connectivity index (χ3n) is 2.61. The first kappa shape index (κ1) is 12.9. The molecule has 0 unspecified atom stereocenters. The lowest BCUT2D eigenvalue weighted by Crippen LogP contribution is -2.40. The Balaban J connectivity index is 2.35. The smallest absolute Gasteiger partial charge is 0.366 e. The van der Waals surface area contributed by atoms with E-state index in [0.717, 1.165) is 0 Å². The lowest BCUT2D eigenvalue weighted by molar-refractivity contribution is -0.389. The summed E-state index contributed by atoms with van der Waals surface area (Å²) in [5, 5.41) is 10.7. The van der Waals surface area contributed by atoms with Gasteiger partial charge in [0.05, 0.1) is 0 Å². The summed E-state index contributed by atoms with van der Waals surface area (Å²) in [4.78, 5) is 37.8. The van der Waals surface area contributed by atoms with E-state index in [2.05, 4.69) is 4.98 Å². The number of carbonyl (C=O) groups is 2. The van der Waals surface area contributed by atoms with Gasteiger partial charge in [0.1, 0.15) is 5.78 Å². The molecule has 19 heavy (non-hydrogen) atoms. The molecule has 2 heterocycles. The molecule has 1 amide bonds. The van der Waals surface area contributed by atoms with Crippen LogP contribution in [0.5, 0.6) is 5.75 Å². The minimum atomic E-state index is -0.650. The molecule has 8 nitrogen and oxygen atoms in total. The van der Waals surface area contributed by atoms with Gasteiger partial charge in [0, 0.05) is 19.0 Å². The van der Waals surface area contributed by atoms with Crippen molar-refractivity contribution in [3.05, 3.63) is 22.2 Å². The second-order valence-corrected chi connectivity index (χ2v) is 4.03. The molecule has 0 saturated carbocycles. The van der Waals surface area contributed by atoms with Crippen molar-refractivity contribution >= 4 is 23.3 Å². The van der Waals surface area contributed by atoms with Gasteiger partial charge in [-0.2, -0.15) is 0 Å². The number of rotatable bonds is 4. The van der Waals surface area contributed by atoms with Crippen molar-refractivity contribution in [2.45, 2.75) is 13.3 Å². The summed E-state index contributed by atoms with van der Waals surface area (Å²) in [7, 11) is 0. The van der Waals surface area contributed by atoms with Crippen LogP contribution in [0.4, 0.5) is 11.6 Å². The Morgan fingerprint density at radius 3 is 2.95 bits per heavy atom. The summed E-state index contributed by atoms with van der Waals surface area (Å²) >= 11 is 0. The number of fused-ring (bicyclic) bond motifs is 1. The van der Waals surface area contributed by atoms with E-state index >= 15 is 0 Å². The molecule has 100 valence electrons. The van der Waals surface area contributed by atoms with E-state index in [-0.39, 0.29) is 42.9 Å². The SMILES string of the molecule is CC(=O)CCN1C(=O)COc2ccc([N+](=O)[O-])nc21. The molecule has 0 radical (unpaired) electrons. The van der Waals surface area contributed by atoms with Crippen LogP contribution in [0.1, 0.15) is 13.3 Å². The number of pyridine rings is 1. The molecule has 0 N–H and O–H groups in total. The quantitative estimate of drug-likeness (QED) is 0.586. The summed E-state index contributed by atoms with van der Waals surface area (Å²) in [5.41, 5.74) is 0. The molecular weight excluding hydrogens is 254 g/mol. The number of nitrogens with zero attached hydrogens (tertiary/aromatic N) is 3. The van der Waals surface area contributed by atoms with Crippen molar-refractivity contribution in [2.24, 2.45) is 0 Å². The highest BCUT2D eigenvalue weighted by atomic mass is 16.6. The number of aromatic nitrogens is 1. The highest BCUT2D eigenvalue weighted by molar-refractivity contribution is 5.97. The third kappa shape index (κ3) is 2.67. The van der Waals surface area contributed by atoms with Crippen LogP contribution < -0.4 is 9.64 Å². The fraction of sp³-hybridized carbons (Fsp3) is 0.364. The van der Waals surface area contributed by atoms with Crippen molar-refractivity contribution in [3.8, 4) is 5.75 Å². The third-order valence-corrected chi connectivity index (χ3v) is 2.61. The zero-order chi connectivity index (χ0) is 14.0. The van der Waals surface area contributed by atoms with Crippen molar-refractivity contribution in [2.75, 3.05) is 18.1 Å². The maximum atomic E-state index is 11.7. The fourth-order valence-corrected chi connectivity index (χ4v) is 1.67. The predicted octanol–water partition coefficient (Wildman–Crippen LogP) is 0.694. The molecule has 0 atom stereocenters. The number of ether oxygens (including phenoxy) is 1. The van der Waals surface area contributed by atoms with Crippen LogP contribution in [0.3, 0.4) is 0 Å². The Morgan fingerprint density at radius 1 is 1.58 bits per heavy atom. The van der Waals surface area contributed by atoms with Gasteiger partial charge in [-0.3, -0.25) is 14.5 Å². The second-order valence-electron chi connectivity index (χ2n) is 4.03. The monoisotopic (exact) mass is 265 g/mol. The van der Waals surface area contributed by atoms with E-state index in [1.54, 1.807) is 0 Å². The van der Waals surface area contributed by atoms with Gasteiger partial charge in [-0.1, -0.05) is 0 Å². The van der Waals surface area contributed by atoms with Crippen LogP contribution in [0.25, 0.3) is 0 Å². The molecule has 0 aromatic carbocycles. The molecule has 0 aliphatic carbocycles. The molecule has 1 aromatic heterocycles. The number of hydrogen-bond acceptors (Lipinski definition) is 6. The average molecular weight is 265 g/mol. The van der Waals surface area contributed by atoms with Gasteiger partial charge in [0.2, 0.25) is 0 Å². The van der Waals surface area contributed by atoms with Crippen LogP contribution in [0, 0.1) is 10.1 Å². The first-order chi connectivity index (χ1) is 8.99. The van der Waals surface area contributed by atoms with Crippen LogP contribution in [0.15, 0.2) is 12.1 Å². The summed E-state index contributed by atoms with van der Waals surface area (Å²) in [6, 6.07) is 2.60. The fourth-order valence-electron chi connectivity index (χ4n) is 1.67. The Kier molecular flexibility index (Phi) is 3.41. The Bertz CT molecular complexity index is 557. The van der Waals surface area contributed by atoms with Crippen molar-refractivity contribution < 1.29 is 19.2 Å². The maximum Gasteiger partial charge on any atom is 0.366 e. The molecule has 0 saturated heterocycles. The zero-order valence-corrected chi connectivity index (χ0v) is 10.2. The van der Waals surface area contributed by atoms with E-state index in [1.165, 1.54) is 24.0 Å². The summed E-state index contributed by atoms with van der Waals surface area (Å²) < 4.78 is 5.15. The van der Waals surface area contributed by atoms with E-state index in [4.69, 9.17) is 4.74 Å². The minimum Gasteiger partial charge on any atom is -0.477 e. The van der Waals surface area contributed by atoms with Gasteiger partial charge in [0.25, 0.3) is 11.7 Å². The number of nitro groups is 1. The average Bonchev–Trinajstić information content (AvgIpc) is 2.36. The van der Waals surface area contributed by atoms with Gasteiger partial charge < -0.3 is 14.9 Å². The number of carbonyl (C=O) groups excluding carboxylic acids is 2. The van der Waals surface area contributed by atoms with E-state index < -0.39 is 4.92 Å². The minimum absolute atomic E-state index is 0.0775. The normalized spacial score (nSPS) is 13.7. The number of anilines is 1. The lowest BCUT2D eigenvalue weighted by atomic mass is 10.2. The molecule has 1 aliphatic rings. The van der Waals surface area contributed by atoms with E-state index in [0.29, 0.717) is 5.75 Å². The van der Waals surface area contributed by atoms with Crippen LogP contribution in [0.2, 0.25) is 0 Å². The first-order valence-corrected chi connectivity index (χ1v) is 5.57. The number of amides is 1. The number of hydrogen-bond donors (Lipinski definition) is 0. The molecule has 0 bridgehead atoms. The zero-order valence-electron chi connectivity index (χ0n) is 10.2. The second kappa shape index (κ2) is 5.01. The summed E-state index contributed by atoms with van der Waals surface area (Å²) in [6.45, 7) is 1.38. The topological polar surface area (TPSA) is 103 Å². The van der Waals surface area contributed by atoms with Crippen LogP contribution in [-0.2, 0) is 9.59 Å². The van der Waals surface area contributed by atoms with Gasteiger partial charge in [-0.05, 0) is 22.9 Å². The molecule has 1 aliphatic heterocycles. The van der Waals surface area contributed by atoms with Crippen molar-refractivity contribution in [1.29, 1.82) is 0 Å². The van der Waals surface area contributed by atoms with Gasteiger partial charge in [-0.15, -0.1) is 0 Å². The first-order valence-electron chi connectivity index (χ1n) is 5.57. The van der Waals surface area contributed by atoms with Crippen molar-refractivity contribution in [1.82, 2.24) is 4.98 Å². The standard InChI is InChI=1S/C11H11N3O5/c1-7(15)4-5-13-10(16)6-19-8-2-3-9(14(17)18)12-11(8)13/h2-3H,4-6H2,1H3. The Labute approximate surface area is 108 Å². The van der Waals surface area contributed by atoms with Gasteiger partial charge >= 0.3 is 5.82 Å². The highest BCUT2D eigenvalue weighted by Crippen LogP contribution is 2.31. The summed E-state index contributed by atoms with van der Waals surface area (Å²) in [5.74, 6) is -0.432. The highest BCUT2D eigenvalue weighted by Gasteiger charge is 2.31. The molecule has 0 fully saturated rings. The molecular formula is C11H11N3O5. The Morgan fingerprint density at radius 2 is 2.32 bits per heavy atom. The van der Waals surface area contributed by atoms with Crippen LogP contribution >= 0.6 is 0 Å². The predicted molar refractivity (Wildman–Crippen MR) is 64.0 cm³/mol. The molecule has 0 spiro atoms. The number of Topliss-reactive ketones (excluding diaryl/α,β-unsaturated/α-hetero) is 1. The van der Waals surface area contributed by atoms with Gasteiger partial charge in [-0.25, -0.2) is 0 Å². The van der Waals surface area contributed by atoms with Gasteiger partial charge in [0.15, 0.2) is 12.4 Å². The number of ketones is 1. The van der Waals surface area contributed by atoms with Crippen LogP contribution in [-0.4, -0.2) is 34.7 Å². The largest absolute Gasteiger partial charge is 0.477 e. The van der Waals surface area contributed by atoms with Crippen molar-refractivity contribution in [3.63, 3.8) is 0 Å². The summed E-state index contributed by atoms with van der Waals surface area (Å²) in [6.07, 6.45) is 0.162. The Hall–Kier alpha value is -2.51. The lowest BCUT2D eigenvalue weighted by Gasteiger charge is -2.24. The molecule has 8 heteroatoms. The maximum absolute atomic E-state index is 11.7.